The minimum atomic E-state index is -0.150. The van der Waals surface area contributed by atoms with E-state index in [1.807, 2.05) is 19.1 Å². The highest BCUT2D eigenvalue weighted by Gasteiger charge is 2.11. The number of H-pyrrole nitrogens is 1. The number of nitrogens with zero attached hydrogens (tertiary/aromatic N) is 4. The summed E-state index contributed by atoms with van der Waals surface area (Å²) in [5.74, 6) is 1.56. The van der Waals surface area contributed by atoms with Gasteiger partial charge in [-0.05, 0) is 31.5 Å². The van der Waals surface area contributed by atoms with Crippen molar-refractivity contribution < 1.29 is 0 Å². The SMILES string of the molecule is CCc1cc2c(NCCn3c(=O)[nH]c4cccnc43)nc(C)nc2s1. The van der Waals surface area contributed by atoms with Crippen LogP contribution >= 0.6 is 11.3 Å². The fourth-order valence-electron chi connectivity index (χ4n) is 2.87. The Hall–Kier alpha value is -2.74. The summed E-state index contributed by atoms with van der Waals surface area (Å²) in [4.78, 5) is 30.5. The second kappa shape index (κ2) is 6.29. The Kier molecular flexibility index (Phi) is 3.96. The minimum absolute atomic E-state index is 0.150. The molecule has 0 radical (unpaired) electrons. The first-order chi connectivity index (χ1) is 12.2. The standard InChI is InChI=1S/C17H18N6OS/c1-3-11-9-12-14(20-10(2)21-16(12)25-11)18-7-8-23-15-13(22-17(23)24)5-4-6-19-15/h4-6,9H,3,7-8H2,1-2H3,(H,22,24)(H,18,20,21). The van der Waals surface area contributed by atoms with Crippen LogP contribution in [0, 0.1) is 6.92 Å². The molecule has 8 heteroatoms. The van der Waals surface area contributed by atoms with Gasteiger partial charge in [-0.2, -0.15) is 0 Å². The van der Waals surface area contributed by atoms with Crippen molar-refractivity contribution in [2.24, 2.45) is 0 Å². The number of aryl methyl sites for hydroxylation is 2. The zero-order chi connectivity index (χ0) is 17.4. The van der Waals surface area contributed by atoms with Gasteiger partial charge in [0.25, 0.3) is 0 Å². The Morgan fingerprint density at radius 3 is 3.08 bits per heavy atom. The van der Waals surface area contributed by atoms with Crippen molar-refractivity contribution in [2.75, 3.05) is 11.9 Å². The van der Waals surface area contributed by atoms with Crippen LogP contribution in [0.15, 0.2) is 29.2 Å². The molecule has 0 atom stereocenters. The van der Waals surface area contributed by atoms with Gasteiger partial charge >= 0.3 is 5.69 Å². The van der Waals surface area contributed by atoms with Gasteiger partial charge < -0.3 is 10.3 Å². The highest BCUT2D eigenvalue weighted by atomic mass is 32.1. The number of imidazole rings is 1. The normalized spacial score (nSPS) is 11.4. The Bertz CT molecular complexity index is 1110. The molecule has 128 valence electrons. The molecule has 0 unspecified atom stereocenters. The first-order valence-corrected chi connectivity index (χ1v) is 9.02. The number of hydrogen-bond acceptors (Lipinski definition) is 6. The van der Waals surface area contributed by atoms with E-state index in [0.29, 0.717) is 18.7 Å². The summed E-state index contributed by atoms with van der Waals surface area (Å²) >= 11 is 1.70. The van der Waals surface area contributed by atoms with E-state index >= 15 is 0 Å². The molecule has 0 aromatic carbocycles. The predicted molar refractivity (Wildman–Crippen MR) is 100 cm³/mol. The van der Waals surface area contributed by atoms with Gasteiger partial charge in [-0.25, -0.2) is 19.7 Å². The van der Waals surface area contributed by atoms with Gasteiger partial charge in [0.2, 0.25) is 0 Å². The van der Waals surface area contributed by atoms with Crippen LogP contribution in [-0.4, -0.2) is 31.0 Å². The molecule has 0 bridgehead atoms. The Morgan fingerprint density at radius 1 is 1.36 bits per heavy atom. The molecule has 4 aromatic rings. The number of pyridine rings is 1. The first-order valence-electron chi connectivity index (χ1n) is 8.20. The van der Waals surface area contributed by atoms with E-state index in [4.69, 9.17) is 0 Å². The molecule has 4 aromatic heterocycles. The summed E-state index contributed by atoms with van der Waals surface area (Å²) in [6.45, 7) is 5.11. The lowest BCUT2D eigenvalue weighted by molar-refractivity contribution is 0.713. The topological polar surface area (TPSA) is 88.5 Å². The molecular formula is C17H18N6OS. The smallest absolute Gasteiger partial charge is 0.327 e. The average molecular weight is 354 g/mol. The van der Waals surface area contributed by atoms with E-state index in [-0.39, 0.29) is 5.69 Å². The van der Waals surface area contributed by atoms with Crippen molar-refractivity contribution in [3.8, 4) is 0 Å². The van der Waals surface area contributed by atoms with Gasteiger partial charge in [-0.1, -0.05) is 6.92 Å². The maximum Gasteiger partial charge on any atom is 0.327 e. The maximum atomic E-state index is 12.1. The summed E-state index contributed by atoms with van der Waals surface area (Å²) in [5.41, 5.74) is 1.27. The van der Waals surface area contributed by atoms with Gasteiger partial charge in [-0.3, -0.25) is 4.57 Å². The number of nitrogens with one attached hydrogen (secondary N) is 2. The molecule has 0 fully saturated rings. The van der Waals surface area contributed by atoms with Crippen LogP contribution in [-0.2, 0) is 13.0 Å². The summed E-state index contributed by atoms with van der Waals surface area (Å²) < 4.78 is 1.64. The molecule has 0 spiro atoms. The van der Waals surface area contributed by atoms with E-state index in [2.05, 4.69) is 38.2 Å². The lowest BCUT2D eigenvalue weighted by Crippen LogP contribution is -2.22. The van der Waals surface area contributed by atoms with Crippen LogP contribution in [0.4, 0.5) is 5.82 Å². The van der Waals surface area contributed by atoms with E-state index in [0.717, 1.165) is 33.8 Å². The molecule has 0 aliphatic carbocycles. The molecule has 0 saturated heterocycles. The third-order valence-electron chi connectivity index (χ3n) is 4.06. The largest absolute Gasteiger partial charge is 0.368 e. The predicted octanol–water partition coefficient (Wildman–Crippen LogP) is 2.71. The average Bonchev–Trinajstić information content (AvgIpc) is 3.15. The van der Waals surface area contributed by atoms with Crippen LogP contribution in [0.1, 0.15) is 17.6 Å². The lowest BCUT2D eigenvalue weighted by Gasteiger charge is -2.08. The van der Waals surface area contributed by atoms with Crippen molar-refractivity contribution in [3.63, 3.8) is 0 Å². The van der Waals surface area contributed by atoms with E-state index in [1.54, 1.807) is 22.1 Å². The Labute approximate surface area is 147 Å². The molecule has 2 N–H and O–H groups in total. The third-order valence-corrected chi connectivity index (χ3v) is 5.23. The van der Waals surface area contributed by atoms with Gasteiger partial charge in [0.1, 0.15) is 16.5 Å². The first kappa shape index (κ1) is 15.8. The molecule has 0 saturated carbocycles. The zero-order valence-corrected chi connectivity index (χ0v) is 14.9. The summed E-state index contributed by atoms with van der Waals surface area (Å²) in [5, 5.41) is 4.39. The number of aromatic amines is 1. The monoisotopic (exact) mass is 354 g/mol. The Balaban J connectivity index is 1.59. The van der Waals surface area contributed by atoms with E-state index in [9.17, 15) is 4.79 Å². The molecule has 0 aliphatic rings. The van der Waals surface area contributed by atoms with Crippen LogP contribution in [0.3, 0.4) is 0 Å². The second-order valence-electron chi connectivity index (χ2n) is 5.79. The van der Waals surface area contributed by atoms with Crippen molar-refractivity contribution in [1.82, 2.24) is 24.5 Å². The summed E-state index contributed by atoms with van der Waals surface area (Å²) in [6, 6.07) is 5.80. The molecular weight excluding hydrogens is 336 g/mol. The van der Waals surface area contributed by atoms with Gasteiger partial charge in [0.15, 0.2) is 5.65 Å². The number of rotatable bonds is 5. The van der Waals surface area contributed by atoms with E-state index < -0.39 is 0 Å². The van der Waals surface area contributed by atoms with Crippen molar-refractivity contribution in [1.29, 1.82) is 0 Å². The van der Waals surface area contributed by atoms with Crippen molar-refractivity contribution in [2.45, 2.75) is 26.8 Å². The number of anilines is 1. The fraction of sp³-hybridized carbons (Fsp3) is 0.294. The molecule has 0 amide bonds. The van der Waals surface area contributed by atoms with Crippen LogP contribution < -0.4 is 11.0 Å². The lowest BCUT2D eigenvalue weighted by atomic mass is 10.3. The summed E-state index contributed by atoms with van der Waals surface area (Å²) in [7, 11) is 0. The highest BCUT2D eigenvalue weighted by Crippen LogP contribution is 2.29. The third kappa shape index (κ3) is 2.89. The number of hydrogen-bond donors (Lipinski definition) is 2. The number of aromatic nitrogens is 5. The second-order valence-corrected chi connectivity index (χ2v) is 6.90. The minimum Gasteiger partial charge on any atom is -0.368 e. The molecule has 25 heavy (non-hydrogen) atoms. The van der Waals surface area contributed by atoms with Gasteiger partial charge in [0.05, 0.1) is 10.9 Å². The Morgan fingerprint density at radius 2 is 2.24 bits per heavy atom. The van der Waals surface area contributed by atoms with E-state index in [1.165, 1.54) is 4.88 Å². The molecule has 4 rings (SSSR count). The van der Waals surface area contributed by atoms with Crippen LogP contribution in [0.2, 0.25) is 0 Å². The molecule has 7 nitrogen and oxygen atoms in total. The van der Waals surface area contributed by atoms with Crippen molar-refractivity contribution >= 4 is 38.5 Å². The number of fused-ring (bicyclic) bond motifs is 2. The quantitative estimate of drug-likeness (QED) is 0.575. The highest BCUT2D eigenvalue weighted by molar-refractivity contribution is 7.18. The molecule has 0 aliphatic heterocycles. The molecule has 4 heterocycles. The number of thiophene rings is 1. The maximum absolute atomic E-state index is 12.1. The van der Waals surface area contributed by atoms with Gasteiger partial charge in [0, 0.05) is 24.2 Å². The van der Waals surface area contributed by atoms with Crippen LogP contribution in [0.25, 0.3) is 21.4 Å². The van der Waals surface area contributed by atoms with Crippen molar-refractivity contribution in [3.05, 3.63) is 45.6 Å². The van der Waals surface area contributed by atoms with Crippen LogP contribution in [0.5, 0.6) is 0 Å². The van der Waals surface area contributed by atoms with Gasteiger partial charge in [-0.15, -0.1) is 11.3 Å². The zero-order valence-electron chi connectivity index (χ0n) is 14.0. The fourth-order valence-corrected chi connectivity index (χ4v) is 3.88. The summed E-state index contributed by atoms with van der Waals surface area (Å²) in [6.07, 6.45) is 2.67.